The molecule has 1 heterocycles. The van der Waals surface area contributed by atoms with Crippen LogP contribution in [-0.4, -0.2) is 25.5 Å². The van der Waals surface area contributed by atoms with E-state index >= 15 is 0 Å². The Kier molecular flexibility index (Phi) is 3.97. The van der Waals surface area contributed by atoms with Crippen LogP contribution < -0.4 is 15.5 Å². The fourth-order valence-electron chi connectivity index (χ4n) is 3.00. The van der Waals surface area contributed by atoms with Crippen molar-refractivity contribution in [1.82, 2.24) is 5.32 Å². The first-order valence-electron chi connectivity index (χ1n) is 7.59. The summed E-state index contributed by atoms with van der Waals surface area (Å²) in [6.45, 7) is 5.54. The standard InChI is InChI=1S/C16H22BrN3O/c1-9(2)8-20(10-4-5-10)14-7-13-11(6-12(14)17)15(18-3)16(21)19-13/h6-7,9-10,15,18H,4-5,8H2,1-3H3,(H,19,21). The van der Waals surface area contributed by atoms with Gasteiger partial charge in [0.2, 0.25) is 5.91 Å². The number of carbonyl (C=O) groups is 1. The number of nitrogens with zero attached hydrogens (tertiary/aromatic N) is 1. The molecule has 21 heavy (non-hydrogen) atoms. The van der Waals surface area contributed by atoms with Gasteiger partial charge in [0, 0.05) is 28.3 Å². The SMILES string of the molecule is CNC1C(=O)Nc2cc(N(CC(C)C)C3CC3)c(Br)cc21. The quantitative estimate of drug-likeness (QED) is 0.855. The van der Waals surface area contributed by atoms with Gasteiger partial charge in [0.1, 0.15) is 6.04 Å². The van der Waals surface area contributed by atoms with E-state index < -0.39 is 0 Å². The first kappa shape index (κ1) is 14.9. The number of benzene rings is 1. The minimum Gasteiger partial charge on any atom is -0.367 e. The largest absolute Gasteiger partial charge is 0.367 e. The summed E-state index contributed by atoms with van der Waals surface area (Å²) in [6.07, 6.45) is 2.53. The number of nitrogens with one attached hydrogen (secondary N) is 2. The Bertz CT molecular complexity index is 569. The molecule has 0 bridgehead atoms. The Balaban J connectivity index is 1.97. The van der Waals surface area contributed by atoms with Gasteiger partial charge in [0.15, 0.2) is 0 Å². The average Bonchev–Trinajstić information content (AvgIpc) is 3.19. The summed E-state index contributed by atoms with van der Waals surface area (Å²) in [6, 6.07) is 4.61. The van der Waals surface area contributed by atoms with Crippen molar-refractivity contribution in [2.45, 2.75) is 38.8 Å². The smallest absolute Gasteiger partial charge is 0.246 e. The summed E-state index contributed by atoms with van der Waals surface area (Å²) in [7, 11) is 1.82. The average molecular weight is 352 g/mol. The maximum Gasteiger partial charge on any atom is 0.246 e. The molecule has 1 fully saturated rings. The van der Waals surface area contributed by atoms with Crippen LogP contribution in [0, 0.1) is 5.92 Å². The van der Waals surface area contributed by atoms with Crippen LogP contribution in [0.5, 0.6) is 0 Å². The summed E-state index contributed by atoms with van der Waals surface area (Å²) >= 11 is 3.70. The van der Waals surface area contributed by atoms with Crippen molar-refractivity contribution >= 4 is 33.2 Å². The third kappa shape index (κ3) is 2.81. The van der Waals surface area contributed by atoms with Gasteiger partial charge >= 0.3 is 0 Å². The number of fused-ring (bicyclic) bond motifs is 1. The molecule has 1 aliphatic heterocycles. The van der Waals surface area contributed by atoms with Crippen LogP contribution in [0.15, 0.2) is 16.6 Å². The zero-order chi connectivity index (χ0) is 15.1. The summed E-state index contributed by atoms with van der Waals surface area (Å²) < 4.78 is 1.07. The Morgan fingerprint density at radius 1 is 1.43 bits per heavy atom. The van der Waals surface area contributed by atoms with Crippen molar-refractivity contribution in [3.8, 4) is 0 Å². The third-order valence-electron chi connectivity index (χ3n) is 4.10. The lowest BCUT2D eigenvalue weighted by Crippen LogP contribution is -2.30. The van der Waals surface area contributed by atoms with E-state index in [9.17, 15) is 4.79 Å². The van der Waals surface area contributed by atoms with E-state index in [2.05, 4.69) is 57.4 Å². The monoisotopic (exact) mass is 351 g/mol. The number of hydrogen-bond donors (Lipinski definition) is 2. The second-order valence-electron chi connectivity index (χ2n) is 6.38. The van der Waals surface area contributed by atoms with E-state index in [1.807, 2.05) is 7.05 Å². The molecule has 0 saturated heterocycles. The van der Waals surface area contributed by atoms with Gasteiger partial charge in [-0.05, 0) is 53.9 Å². The van der Waals surface area contributed by atoms with Crippen LogP contribution in [0.4, 0.5) is 11.4 Å². The van der Waals surface area contributed by atoms with Crippen LogP contribution in [0.25, 0.3) is 0 Å². The Labute approximate surface area is 134 Å². The van der Waals surface area contributed by atoms with Crippen molar-refractivity contribution in [3.63, 3.8) is 0 Å². The lowest BCUT2D eigenvalue weighted by atomic mass is 10.1. The molecule has 1 aromatic rings. The van der Waals surface area contributed by atoms with Crippen molar-refractivity contribution in [2.75, 3.05) is 23.8 Å². The lowest BCUT2D eigenvalue weighted by Gasteiger charge is -2.28. The zero-order valence-electron chi connectivity index (χ0n) is 12.7. The molecule has 1 atom stereocenters. The Hall–Kier alpha value is -1.07. The fraction of sp³-hybridized carbons (Fsp3) is 0.562. The van der Waals surface area contributed by atoms with Crippen LogP contribution in [0.1, 0.15) is 38.3 Å². The maximum atomic E-state index is 12.0. The number of halogens is 1. The molecular formula is C16H22BrN3O. The highest BCUT2D eigenvalue weighted by molar-refractivity contribution is 9.10. The fourth-order valence-corrected chi connectivity index (χ4v) is 3.59. The van der Waals surface area contributed by atoms with Gasteiger partial charge in [0.25, 0.3) is 0 Å². The number of carbonyl (C=O) groups excluding carboxylic acids is 1. The van der Waals surface area contributed by atoms with Gasteiger partial charge < -0.3 is 15.5 Å². The van der Waals surface area contributed by atoms with Gasteiger partial charge in [-0.15, -0.1) is 0 Å². The summed E-state index contributed by atoms with van der Waals surface area (Å²) in [5.41, 5.74) is 3.16. The Morgan fingerprint density at radius 2 is 2.14 bits per heavy atom. The van der Waals surface area contributed by atoms with E-state index in [0.29, 0.717) is 12.0 Å². The highest BCUT2D eigenvalue weighted by Gasteiger charge is 2.34. The molecule has 1 amide bonds. The number of rotatable bonds is 5. The van der Waals surface area contributed by atoms with E-state index in [1.165, 1.54) is 18.5 Å². The minimum atomic E-state index is -0.246. The number of likely N-dealkylation sites (N-methyl/N-ethyl adjacent to an activating group) is 1. The van der Waals surface area contributed by atoms with E-state index in [4.69, 9.17) is 0 Å². The minimum absolute atomic E-state index is 0.0263. The van der Waals surface area contributed by atoms with Gasteiger partial charge in [-0.2, -0.15) is 0 Å². The van der Waals surface area contributed by atoms with Crippen LogP contribution in [0.3, 0.4) is 0 Å². The molecule has 114 valence electrons. The first-order chi connectivity index (χ1) is 10.0. The zero-order valence-corrected chi connectivity index (χ0v) is 14.3. The molecule has 4 nitrogen and oxygen atoms in total. The molecule has 1 aromatic carbocycles. The molecule has 3 rings (SSSR count). The van der Waals surface area contributed by atoms with Crippen LogP contribution in [-0.2, 0) is 4.79 Å². The second kappa shape index (κ2) is 5.61. The van der Waals surface area contributed by atoms with Crippen molar-refractivity contribution in [3.05, 3.63) is 22.2 Å². The summed E-state index contributed by atoms with van der Waals surface area (Å²) in [4.78, 5) is 14.5. The highest BCUT2D eigenvalue weighted by atomic mass is 79.9. The summed E-state index contributed by atoms with van der Waals surface area (Å²) in [5.74, 6) is 0.642. The molecule has 0 radical (unpaired) electrons. The Morgan fingerprint density at radius 3 is 2.71 bits per heavy atom. The molecular weight excluding hydrogens is 330 g/mol. The van der Waals surface area contributed by atoms with Gasteiger partial charge in [0.05, 0.1) is 5.69 Å². The van der Waals surface area contributed by atoms with E-state index in [0.717, 1.165) is 22.3 Å². The molecule has 2 N–H and O–H groups in total. The van der Waals surface area contributed by atoms with E-state index in [1.54, 1.807) is 0 Å². The lowest BCUT2D eigenvalue weighted by molar-refractivity contribution is -0.117. The molecule has 5 heteroatoms. The molecule has 1 unspecified atom stereocenters. The predicted octanol–water partition coefficient (Wildman–Crippen LogP) is 3.29. The molecule has 2 aliphatic rings. The number of anilines is 2. The second-order valence-corrected chi connectivity index (χ2v) is 7.23. The molecule has 1 saturated carbocycles. The van der Waals surface area contributed by atoms with Crippen molar-refractivity contribution in [2.24, 2.45) is 5.92 Å². The first-order valence-corrected chi connectivity index (χ1v) is 8.38. The van der Waals surface area contributed by atoms with Crippen LogP contribution in [0.2, 0.25) is 0 Å². The maximum absolute atomic E-state index is 12.0. The van der Waals surface area contributed by atoms with Gasteiger partial charge in [-0.25, -0.2) is 0 Å². The van der Waals surface area contributed by atoms with Crippen LogP contribution >= 0.6 is 15.9 Å². The third-order valence-corrected chi connectivity index (χ3v) is 4.73. The van der Waals surface area contributed by atoms with Gasteiger partial charge in [-0.3, -0.25) is 4.79 Å². The predicted molar refractivity (Wildman–Crippen MR) is 89.8 cm³/mol. The molecule has 1 aliphatic carbocycles. The number of hydrogen-bond acceptors (Lipinski definition) is 3. The highest BCUT2D eigenvalue weighted by Crippen LogP contribution is 2.42. The summed E-state index contributed by atoms with van der Waals surface area (Å²) in [5, 5.41) is 6.05. The molecule has 0 aromatic heterocycles. The van der Waals surface area contributed by atoms with Gasteiger partial charge in [-0.1, -0.05) is 13.8 Å². The van der Waals surface area contributed by atoms with Crippen molar-refractivity contribution in [1.29, 1.82) is 0 Å². The molecule has 0 spiro atoms. The normalized spacial score (nSPS) is 20.6. The van der Waals surface area contributed by atoms with Crippen molar-refractivity contribution < 1.29 is 4.79 Å². The number of amides is 1. The van der Waals surface area contributed by atoms with E-state index in [-0.39, 0.29) is 11.9 Å². The topological polar surface area (TPSA) is 44.4 Å².